The van der Waals surface area contributed by atoms with Crippen LogP contribution >= 0.6 is 0 Å². The van der Waals surface area contributed by atoms with E-state index in [2.05, 4.69) is 4.74 Å². The van der Waals surface area contributed by atoms with Gasteiger partial charge in [-0.25, -0.2) is 0 Å². The fourth-order valence-corrected chi connectivity index (χ4v) is 1.47. The number of esters is 1. The lowest BCUT2D eigenvalue weighted by atomic mass is 10.1. The molecule has 94 valence electrons. The summed E-state index contributed by atoms with van der Waals surface area (Å²) in [6.07, 6.45) is 0.187. The highest BCUT2D eigenvalue weighted by Gasteiger charge is 2.10. The molecule has 0 radical (unpaired) electrons. The van der Waals surface area contributed by atoms with Gasteiger partial charge in [0.2, 0.25) is 0 Å². The van der Waals surface area contributed by atoms with Crippen molar-refractivity contribution in [2.45, 2.75) is 20.3 Å². The second-order valence-corrected chi connectivity index (χ2v) is 3.39. The largest absolute Gasteiger partial charge is 0.494 e. The molecule has 0 saturated heterocycles. The Labute approximate surface area is 101 Å². The molecule has 0 aliphatic carbocycles. The molecule has 1 aromatic rings. The van der Waals surface area contributed by atoms with Crippen LogP contribution in [0.4, 0.5) is 0 Å². The van der Waals surface area contributed by atoms with Gasteiger partial charge in [-0.15, -0.1) is 0 Å². The number of benzene rings is 1. The molecule has 0 amide bonds. The van der Waals surface area contributed by atoms with E-state index >= 15 is 0 Å². The van der Waals surface area contributed by atoms with Crippen molar-refractivity contribution in [3.8, 4) is 11.5 Å². The maximum Gasteiger partial charge on any atom is 0.310 e. The van der Waals surface area contributed by atoms with Crippen LogP contribution in [0.3, 0.4) is 0 Å². The van der Waals surface area contributed by atoms with Crippen molar-refractivity contribution in [1.82, 2.24) is 0 Å². The normalized spacial score (nSPS) is 9.82. The molecule has 0 aromatic heterocycles. The van der Waals surface area contributed by atoms with E-state index in [9.17, 15) is 4.79 Å². The highest BCUT2D eigenvalue weighted by Crippen LogP contribution is 2.25. The first-order valence-electron chi connectivity index (χ1n) is 5.66. The second-order valence-electron chi connectivity index (χ2n) is 3.39. The molecule has 0 heterocycles. The van der Waals surface area contributed by atoms with E-state index in [0.29, 0.717) is 19.0 Å². The van der Waals surface area contributed by atoms with E-state index < -0.39 is 0 Å². The van der Waals surface area contributed by atoms with Gasteiger partial charge in [-0.05, 0) is 32.0 Å². The van der Waals surface area contributed by atoms with E-state index in [1.54, 1.807) is 0 Å². The molecule has 4 heteroatoms. The van der Waals surface area contributed by atoms with Crippen LogP contribution in [-0.4, -0.2) is 26.3 Å². The molecule has 0 N–H and O–H groups in total. The van der Waals surface area contributed by atoms with Crippen LogP contribution in [0.2, 0.25) is 0 Å². The van der Waals surface area contributed by atoms with Crippen LogP contribution in [0.1, 0.15) is 19.4 Å². The Bertz CT molecular complexity index is 374. The van der Waals surface area contributed by atoms with E-state index in [-0.39, 0.29) is 12.4 Å². The molecule has 1 aromatic carbocycles. The van der Waals surface area contributed by atoms with Crippen molar-refractivity contribution in [3.63, 3.8) is 0 Å². The van der Waals surface area contributed by atoms with Crippen molar-refractivity contribution in [1.29, 1.82) is 0 Å². The van der Waals surface area contributed by atoms with E-state index in [0.717, 1.165) is 11.3 Å². The first-order chi connectivity index (χ1) is 8.21. The minimum absolute atomic E-state index is 0.187. The lowest BCUT2D eigenvalue weighted by Crippen LogP contribution is -2.07. The minimum Gasteiger partial charge on any atom is -0.494 e. The molecular formula is C13H18O4. The maximum atomic E-state index is 11.3. The van der Waals surface area contributed by atoms with Gasteiger partial charge in [0.15, 0.2) is 0 Å². The number of rotatable bonds is 6. The molecule has 0 spiro atoms. The quantitative estimate of drug-likeness (QED) is 0.713. The Morgan fingerprint density at radius 1 is 1.18 bits per heavy atom. The van der Waals surface area contributed by atoms with Gasteiger partial charge in [0.25, 0.3) is 0 Å². The van der Waals surface area contributed by atoms with Gasteiger partial charge in [0.05, 0.1) is 26.7 Å². The Kier molecular flexibility index (Phi) is 5.33. The summed E-state index contributed by atoms with van der Waals surface area (Å²) < 4.78 is 15.5. The zero-order valence-electron chi connectivity index (χ0n) is 10.5. The summed E-state index contributed by atoms with van der Waals surface area (Å²) in [6, 6.07) is 5.45. The third kappa shape index (κ3) is 3.98. The topological polar surface area (TPSA) is 44.8 Å². The van der Waals surface area contributed by atoms with Crippen molar-refractivity contribution >= 4 is 5.97 Å². The van der Waals surface area contributed by atoms with Crippen molar-refractivity contribution in [2.75, 3.05) is 20.3 Å². The molecule has 0 aliphatic heterocycles. The number of hydrogen-bond acceptors (Lipinski definition) is 4. The number of hydrogen-bond donors (Lipinski definition) is 0. The van der Waals surface area contributed by atoms with E-state index in [1.165, 1.54) is 7.11 Å². The number of methoxy groups -OCH3 is 1. The Morgan fingerprint density at radius 3 is 2.47 bits per heavy atom. The van der Waals surface area contributed by atoms with Crippen LogP contribution in [0.25, 0.3) is 0 Å². The summed E-state index contributed by atoms with van der Waals surface area (Å²) >= 11 is 0. The molecule has 0 bridgehead atoms. The molecule has 17 heavy (non-hydrogen) atoms. The van der Waals surface area contributed by atoms with Crippen molar-refractivity contribution in [2.24, 2.45) is 0 Å². The number of ether oxygens (including phenoxy) is 3. The molecule has 0 unspecified atom stereocenters. The maximum absolute atomic E-state index is 11.3. The van der Waals surface area contributed by atoms with E-state index in [4.69, 9.17) is 9.47 Å². The predicted octanol–water partition coefficient (Wildman–Crippen LogP) is 2.20. The summed E-state index contributed by atoms with van der Waals surface area (Å²) in [5.74, 6) is 1.14. The van der Waals surface area contributed by atoms with Gasteiger partial charge >= 0.3 is 5.97 Å². The van der Waals surface area contributed by atoms with Gasteiger partial charge in [0, 0.05) is 5.56 Å². The van der Waals surface area contributed by atoms with Gasteiger partial charge in [-0.2, -0.15) is 0 Å². The number of carbonyl (C=O) groups is 1. The highest BCUT2D eigenvalue weighted by atomic mass is 16.5. The Balaban J connectivity index is 2.93. The highest BCUT2D eigenvalue weighted by molar-refractivity contribution is 5.73. The van der Waals surface area contributed by atoms with Crippen LogP contribution in [-0.2, 0) is 16.0 Å². The zero-order valence-corrected chi connectivity index (χ0v) is 10.5. The fraction of sp³-hybridized carbons (Fsp3) is 0.462. The molecule has 0 saturated carbocycles. The Hall–Kier alpha value is -1.71. The Morgan fingerprint density at radius 2 is 1.88 bits per heavy atom. The van der Waals surface area contributed by atoms with Gasteiger partial charge < -0.3 is 14.2 Å². The first-order valence-corrected chi connectivity index (χ1v) is 5.66. The molecule has 4 nitrogen and oxygen atoms in total. The van der Waals surface area contributed by atoms with Crippen LogP contribution in [0.15, 0.2) is 18.2 Å². The molecule has 0 fully saturated rings. The predicted molar refractivity (Wildman–Crippen MR) is 64.5 cm³/mol. The monoisotopic (exact) mass is 238 g/mol. The number of carbonyl (C=O) groups excluding carboxylic acids is 1. The third-order valence-electron chi connectivity index (χ3n) is 2.21. The molecule has 1 rings (SSSR count). The summed E-state index contributed by atoms with van der Waals surface area (Å²) in [5, 5.41) is 0. The molecular weight excluding hydrogens is 220 g/mol. The fourth-order valence-electron chi connectivity index (χ4n) is 1.47. The molecule has 0 atom stereocenters. The summed E-state index contributed by atoms with van der Waals surface area (Å²) in [4.78, 5) is 11.3. The van der Waals surface area contributed by atoms with Crippen molar-refractivity contribution in [3.05, 3.63) is 23.8 Å². The summed E-state index contributed by atoms with van der Waals surface area (Å²) in [7, 11) is 1.37. The summed E-state index contributed by atoms with van der Waals surface area (Å²) in [6.45, 7) is 4.96. The zero-order chi connectivity index (χ0) is 12.7. The van der Waals surface area contributed by atoms with Crippen LogP contribution in [0.5, 0.6) is 11.5 Å². The molecule has 0 aliphatic rings. The van der Waals surface area contributed by atoms with Gasteiger partial charge in [0.1, 0.15) is 11.5 Å². The second kappa shape index (κ2) is 6.78. The smallest absolute Gasteiger partial charge is 0.310 e. The lowest BCUT2D eigenvalue weighted by molar-refractivity contribution is -0.139. The lowest BCUT2D eigenvalue weighted by Gasteiger charge is -2.11. The average molecular weight is 238 g/mol. The minimum atomic E-state index is -0.292. The van der Waals surface area contributed by atoms with Crippen LogP contribution < -0.4 is 9.47 Å². The van der Waals surface area contributed by atoms with Gasteiger partial charge in [-0.1, -0.05) is 0 Å². The standard InChI is InChI=1S/C13H18O4/c1-4-16-11-6-7-12(17-5-2)10(8-11)9-13(14)15-3/h6-8H,4-5,9H2,1-3H3. The van der Waals surface area contributed by atoms with Gasteiger partial charge in [-0.3, -0.25) is 4.79 Å². The average Bonchev–Trinajstić information content (AvgIpc) is 2.33. The third-order valence-corrected chi connectivity index (χ3v) is 2.21. The first kappa shape index (κ1) is 13.4. The SMILES string of the molecule is CCOc1ccc(OCC)c(CC(=O)OC)c1. The van der Waals surface area contributed by atoms with E-state index in [1.807, 2.05) is 32.0 Å². The van der Waals surface area contributed by atoms with Crippen LogP contribution in [0, 0.1) is 0 Å². The summed E-state index contributed by atoms with van der Waals surface area (Å²) in [5.41, 5.74) is 0.782. The van der Waals surface area contributed by atoms with Crippen molar-refractivity contribution < 1.29 is 19.0 Å².